The van der Waals surface area contributed by atoms with Crippen molar-refractivity contribution in [2.45, 2.75) is 24.8 Å². The molecule has 0 fully saturated rings. The Hall–Kier alpha value is -2.29. The standard InChI is InChI=1S/C18H16ClNO3S/c1-13(2)23-16-5-3-4-14(10-16)11-18(12-20)24(21,22)17-8-6-15(19)7-9-17/h3-11,13H,1-2H3. The van der Waals surface area contributed by atoms with Crippen molar-refractivity contribution in [3.8, 4) is 11.8 Å². The van der Waals surface area contributed by atoms with Crippen molar-refractivity contribution in [1.29, 1.82) is 5.26 Å². The minimum atomic E-state index is -3.90. The maximum Gasteiger partial charge on any atom is 0.216 e. The fourth-order valence-electron chi connectivity index (χ4n) is 2.01. The molecule has 0 aliphatic rings. The number of rotatable bonds is 5. The smallest absolute Gasteiger partial charge is 0.216 e. The summed E-state index contributed by atoms with van der Waals surface area (Å²) < 4.78 is 30.7. The highest BCUT2D eigenvalue weighted by Crippen LogP contribution is 2.24. The van der Waals surface area contributed by atoms with Crippen LogP contribution in [-0.2, 0) is 9.84 Å². The first-order chi connectivity index (χ1) is 11.3. The van der Waals surface area contributed by atoms with Crippen molar-refractivity contribution in [3.05, 3.63) is 64.0 Å². The van der Waals surface area contributed by atoms with Crippen molar-refractivity contribution in [1.82, 2.24) is 0 Å². The van der Waals surface area contributed by atoms with Crippen LogP contribution in [0.3, 0.4) is 0 Å². The van der Waals surface area contributed by atoms with Crippen LogP contribution in [0.5, 0.6) is 5.75 Å². The molecule has 0 heterocycles. The molecule has 0 aliphatic heterocycles. The van der Waals surface area contributed by atoms with Gasteiger partial charge in [-0.1, -0.05) is 23.7 Å². The molecule has 0 atom stereocenters. The Morgan fingerprint density at radius 2 is 1.88 bits per heavy atom. The molecule has 0 bridgehead atoms. The Morgan fingerprint density at radius 3 is 2.46 bits per heavy atom. The van der Waals surface area contributed by atoms with E-state index in [-0.39, 0.29) is 15.9 Å². The van der Waals surface area contributed by atoms with Gasteiger partial charge in [0.15, 0.2) is 0 Å². The second-order valence-electron chi connectivity index (χ2n) is 5.32. The van der Waals surface area contributed by atoms with E-state index in [1.807, 2.05) is 13.8 Å². The maximum atomic E-state index is 12.6. The summed E-state index contributed by atoms with van der Waals surface area (Å²) in [6.07, 6.45) is 1.33. The Kier molecular flexibility index (Phi) is 5.66. The van der Waals surface area contributed by atoms with Gasteiger partial charge in [0.05, 0.1) is 11.0 Å². The van der Waals surface area contributed by atoms with Crippen LogP contribution in [0.25, 0.3) is 6.08 Å². The number of hydrogen-bond donors (Lipinski definition) is 0. The molecule has 2 aromatic carbocycles. The van der Waals surface area contributed by atoms with Gasteiger partial charge in [-0.2, -0.15) is 5.26 Å². The van der Waals surface area contributed by atoms with Crippen molar-refractivity contribution < 1.29 is 13.2 Å². The van der Waals surface area contributed by atoms with Gasteiger partial charge in [0, 0.05) is 5.02 Å². The molecule has 2 rings (SSSR count). The van der Waals surface area contributed by atoms with Gasteiger partial charge in [0.1, 0.15) is 16.7 Å². The van der Waals surface area contributed by atoms with Crippen LogP contribution in [0.2, 0.25) is 5.02 Å². The third-order valence-corrected chi connectivity index (χ3v) is 4.98. The molecule has 0 aromatic heterocycles. The number of hydrogen-bond acceptors (Lipinski definition) is 4. The zero-order chi connectivity index (χ0) is 17.7. The van der Waals surface area contributed by atoms with E-state index < -0.39 is 9.84 Å². The van der Waals surface area contributed by atoms with E-state index in [1.165, 1.54) is 30.3 Å². The van der Waals surface area contributed by atoms with Crippen LogP contribution in [0.1, 0.15) is 19.4 Å². The Bertz CT molecular complexity index is 895. The molecule has 0 spiro atoms. The third kappa shape index (κ3) is 4.38. The van der Waals surface area contributed by atoms with E-state index in [0.29, 0.717) is 16.3 Å². The lowest BCUT2D eigenvalue weighted by Gasteiger charge is -2.10. The lowest BCUT2D eigenvalue weighted by molar-refractivity contribution is 0.242. The second kappa shape index (κ2) is 7.52. The highest BCUT2D eigenvalue weighted by atomic mass is 35.5. The molecule has 0 aliphatic carbocycles. The molecule has 2 aromatic rings. The first-order valence-electron chi connectivity index (χ1n) is 7.22. The predicted molar refractivity (Wildman–Crippen MR) is 94.4 cm³/mol. The molecule has 124 valence electrons. The van der Waals surface area contributed by atoms with Gasteiger partial charge in [0.2, 0.25) is 9.84 Å². The van der Waals surface area contributed by atoms with E-state index in [0.717, 1.165) is 0 Å². The highest BCUT2D eigenvalue weighted by Gasteiger charge is 2.20. The van der Waals surface area contributed by atoms with Gasteiger partial charge < -0.3 is 4.74 Å². The number of ether oxygens (including phenoxy) is 1. The number of nitrogens with zero attached hydrogens (tertiary/aromatic N) is 1. The van der Waals surface area contributed by atoms with Crippen LogP contribution >= 0.6 is 11.6 Å². The van der Waals surface area contributed by atoms with Gasteiger partial charge in [-0.15, -0.1) is 0 Å². The number of allylic oxidation sites excluding steroid dienone is 1. The molecule has 4 nitrogen and oxygen atoms in total. The molecule has 0 amide bonds. The average molecular weight is 362 g/mol. The molecular weight excluding hydrogens is 346 g/mol. The molecule has 0 unspecified atom stereocenters. The molecule has 0 N–H and O–H groups in total. The van der Waals surface area contributed by atoms with Crippen molar-refractivity contribution in [2.75, 3.05) is 0 Å². The minimum absolute atomic E-state index is 0.00235. The monoisotopic (exact) mass is 361 g/mol. The summed E-state index contributed by atoms with van der Waals surface area (Å²) >= 11 is 5.78. The maximum absolute atomic E-state index is 12.6. The quantitative estimate of drug-likeness (QED) is 0.737. The Labute approximate surface area is 146 Å². The van der Waals surface area contributed by atoms with E-state index in [1.54, 1.807) is 30.3 Å². The van der Waals surface area contributed by atoms with Crippen LogP contribution in [0.15, 0.2) is 58.3 Å². The fraction of sp³-hybridized carbons (Fsp3) is 0.167. The zero-order valence-electron chi connectivity index (χ0n) is 13.2. The Morgan fingerprint density at radius 1 is 1.21 bits per heavy atom. The number of nitriles is 1. The molecular formula is C18H16ClNO3S. The van der Waals surface area contributed by atoms with E-state index in [4.69, 9.17) is 16.3 Å². The summed E-state index contributed by atoms with van der Waals surface area (Å²) in [5.74, 6) is 0.611. The normalized spacial score (nSPS) is 12.0. The molecule has 24 heavy (non-hydrogen) atoms. The predicted octanol–water partition coefficient (Wildman–Crippen LogP) is 4.47. The van der Waals surface area contributed by atoms with Crippen LogP contribution in [0, 0.1) is 11.3 Å². The van der Waals surface area contributed by atoms with E-state index in [2.05, 4.69) is 0 Å². The van der Waals surface area contributed by atoms with Crippen LogP contribution in [0.4, 0.5) is 0 Å². The topological polar surface area (TPSA) is 67.2 Å². The third-order valence-electron chi connectivity index (χ3n) is 3.05. The summed E-state index contributed by atoms with van der Waals surface area (Å²) in [5, 5.41) is 9.72. The minimum Gasteiger partial charge on any atom is -0.491 e. The van der Waals surface area contributed by atoms with Gasteiger partial charge >= 0.3 is 0 Å². The van der Waals surface area contributed by atoms with Gasteiger partial charge in [0.25, 0.3) is 0 Å². The van der Waals surface area contributed by atoms with Crippen molar-refractivity contribution in [3.63, 3.8) is 0 Å². The first kappa shape index (κ1) is 18.1. The zero-order valence-corrected chi connectivity index (χ0v) is 14.8. The van der Waals surface area contributed by atoms with Gasteiger partial charge in [-0.25, -0.2) is 8.42 Å². The molecule has 0 saturated carbocycles. The summed E-state index contributed by atoms with van der Waals surface area (Å²) in [5.41, 5.74) is 0.572. The largest absolute Gasteiger partial charge is 0.491 e. The lowest BCUT2D eigenvalue weighted by Crippen LogP contribution is -2.05. The number of halogens is 1. The summed E-state index contributed by atoms with van der Waals surface area (Å²) in [7, 11) is -3.90. The SMILES string of the molecule is CC(C)Oc1cccc(C=C(C#N)S(=O)(=O)c2ccc(Cl)cc2)c1. The van der Waals surface area contributed by atoms with Crippen molar-refractivity contribution >= 4 is 27.5 Å². The molecule has 0 radical (unpaired) electrons. The summed E-state index contributed by atoms with van der Waals surface area (Å²) in [6, 6.07) is 14.4. The van der Waals surface area contributed by atoms with Crippen LogP contribution < -0.4 is 4.74 Å². The Balaban J connectivity index is 2.42. The van der Waals surface area contributed by atoms with E-state index in [9.17, 15) is 13.7 Å². The first-order valence-corrected chi connectivity index (χ1v) is 9.08. The summed E-state index contributed by atoms with van der Waals surface area (Å²) in [6.45, 7) is 3.79. The number of sulfone groups is 1. The van der Waals surface area contributed by atoms with Crippen molar-refractivity contribution in [2.24, 2.45) is 0 Å². The highest BCUT2D eigenvalue weighted by molar-refractivity contribution is 7.95. The van der Waals surface area contributed by atoms with E-state index >= 15 is 0 Å². The molecule has 0 saturated heterocycles. The average Bonchev–Trinajstić information content (AvgIpc) is 2.52. The van der Waals surface area contributed by atoms with Gasteiger partial charge in [-0.05, 0) is 61.9 Å². The fourth-order valence-corrected chi connectivity index (χ4v) is 3.30. The van der Waals surface area contributed by atoms with Crippen LogP contribution in [-0.4, -0.2) is 14.5 Å². The molecule has 6 heteroatoms. The number of benzene rings is 2. The second-order valence-corrected chi connectivity index (χ2v) is 7.67. The van der Waals surface area contributed by atoms with Gasteiger partial charge in [-0.3, -0.25) is 0 Å². The lowest BCUT2D eigenvalue weighted by atomic mass is 10.2. The summed E-state index contributed by atoms with van der Waals surface area (Å²) in [4.78, 5) is -0.319.